The monoisotopic (exact) mass is 550 g/mol. The Bertz CT molecular complexity index is 726. The second-order valence-electron chi connectivity index (χ2n) is 11.3. The van der Waals surface area contributed by atoms with Crippen molar-refractivity contribution >= 4 is 5.97 Å². The van der Waals surface area contributed by atoms with Gasteiger partial charge in [-0.1, -0.05) is 43.6 Å². The SMILES string of the molecule is CCOC(=O)CCC/C=C\C[C@@H]1[C@@H](/C=C/[C@H](OC(C)OCC)C2CCCCC2)[C@H](OC2CCCCO2)C[C@H]1O. The van der Waals surface area contributed by atoms with Gasteiger partial charge in [0, 0.05) is 32.0 Å². The number of rotatable bonds is 16. The second-order valence-corrected chi connectivity index (χ2v) is 11.3. The largest absolute Gasteiger partial charge is 0.466 e. The first-order valence-corrected chi connectivity index (χ1v) is 15.7. The Morgan fingerprint density at radius 3 is 2.56 bits per heavy atom. The molecule has 3 rings (SSSR count). The van der Waals surface area contributed by atoms with E-state index in [0.29, 0.717) is 32.0 Å². The molecule has 0 amide bonds. The van der Waals surface area contributed by atoms with Gasteiger partial charge in [0.1, 0.15) is 0 Å². The quantitative estimate of drug-likeness (QED) is 0.102. The summed E-state index contributed by atoms with van der Waals surface area (Å²) in [5.74, 6) is 0.489. The average Bonchev–Trinajstić information content (AvgIpc) is 3.23. The second kappa shape index (κ2) is 18.2. The number of hydrogen-bond donors (Lipinski definition) is 1. The molecule has 7 atom stereocenters. The van der Waals surface area contributed by atoms with Gasteiger partial charge in [0.25, 0.3) is 0 Å². The third-order valence-electron chi connectivity index (χ3n) is 8.38. The van der Waals surface area contributed by atoms with Crippen molar-refractivity contribution in [2.24, 2.45) is 17.8 Å². The van der Waals surface area contributed by atoms with Crippen LogP contribution >= 0.6 is 0 Å². The standard InChI is InChI=1S/C32H54O7/c1-4-35-24(3)38-29(25-15-9-8-10-16-25)21-20-27-26(17-11-6-7-12-18-31(34)36-5-2)28(33)23-30(27)39-32-19-13-14-22-37-32/h6,11,20-21,24-30,32-33H,4-5,7-10,12-19,22-23H2,1-3H3/b11-6-,21-20+/t24?,26-,27-,28-,29+,30-,32?/m1/s1. The van der Waals surface area contributed by atoms with Crippen LogP contribution in [0.2, 0.25) is 0 Å². The minimum Gasteiger partial charge on any atom is -0.466 e. The number of aliphatic hydroxyl groups is 1. The predicted molar refractivity (Wildman–Crippen MR) is 152 cm³/mol. The first-order chi connectivity index (χ1) is 19.0. The normalized spacial score (nSPS) is 30.2. The lowest BCUT2D eigenvalue weighted by Crippen LogP contribution is -2.32. The van der Waals surface area contributed by atoms with E-state index < -0.39 is 6.10 Å². The fraction of sp³-hybridized carbons (Fsp3) is 0.844. The fourth-order valence-corrected chi connectivity index (χ4v) is 6.32. The van der Waals surface area contributed by atoms with Gasteiger partial charge in [0.2, 0.25) is 0 Å². The summed E-state index contributed by atoms with van der Waals surface area (Å²) in [6, 6.07) is 0. The molecule has 0 bridgehead atoms. The Morgan fingerprint density at radius 2 is 1.85 bits per heavy atom. The van der Waals surface area contributed by atoms with Crippen LogP contribution in [0.1, 0.15) is 104 Å². The van der Waals surface area contributed by atoms with E-state index in [1.807, 2.05) is 20.8 Å². The molecule has 0 aromatic rings. The molecule has 1 saturated heterocycles. The zero-order chi connectivity index (χ0) is 27.9. The summed E-state index contributed by atoms with van der Waals surface area (Å²) in [5, 5.41) is 11.1. The molecular weight excluding hydrogens is 496 g/mol. The van der Waals surface area contributed by atoms with Crippen molar-refractivity contribution in [3.05, 3.63) is 24.3 Å². The summed E-state index contributed by atoms with van der Waals surface area (Å²) >= 11 is 0. The van der Waals surface area contributed by atoms with Crippen LogP contribution in [-0.2, 0) is 28.5 Å². The van der Waals surface area contributed by atoms with Crippen molar-refractivity contribution in [1.82, 2.24) is 0 Å². The average molecular weight is 551 g/mol. The van der Waals surface area contributed by atoms with E-state index in [4.69, 9.17) is 23.7 Å². The molecule has 7 heteroatoms. The lowest BCUT2D eigenvalue weighted by molar-refractivity contribution is -0.193. The molecule has 0 spiro atoms. The maximum atomic E-state index is 11.6. The molecule has 2 unspecified atom stereocenters. The third kappa shape index (κ3) is 11.3. The number of allylic oxidation sites excluding steroid dienone is 2. The zero-order valence-corrected chi connectivity index (χ0v) is 24.6. The molecule has 3 fully saturated rings. The summed E-state index contributed by atoms with van der Waals surface area (Å²) in [6.45, 7) is 7.60. The van der Waals surface area contributed by atoms with Crippen molar-refractivity contribution in [3.63, 3.8) is 0 Å². The minimum absolute atomic E-state index is 0.00441. The molecule has 39 heavy (non-hydrogen) atoms. The summed E-state index contributed by atoms with van der Waals surface area (Å²) in [5.41, 5.74) is 0. The number of esters is 1. The van der Waals surface area contributed by atoms with Gasteiger partial charge in [-0.05, 0) is 84.0 Å². The zero-order valence-electron chi connectivity index (χ0n) is 24.6. The number of carbonyl (C=O) groups excluding carboxylic acids is 1. The van der Waals surface area contributed by atoms with Crippen LogP contribution in [0.25, 0.3) is 0 Å². The number of hydrogen-bond acceptors (Lipinski definition) is 7. The number of unbranched alkanes of at least 4 members (excludes halogenated alkanes) is 1. The van der Waals surface area contributed by atoms with Gasteiger partial charge in [0.15, 0.2) is 12.6 Å². The molecule has 0 aromatic carbocycles. The maximum absolute atomic E-state index is 11.6. The number of ether oxygens (including phenoxy) is 5. The van der Waals surface area contributed by atoms with E-state index >= 15 is 0 Å². The Labute approximate surface area is 236 Å². The van der Waals surface area contributed by atoms with E-state index in [2.05, 4.69) is 24.3 Å². The molecular formula is C32H54O7. The molecule has 1 N–H and O–H groups in total. The topological polar surface area (TPSA) is 83.5 Å². The van der Waals surface area contributed by atoms with Crippen LogP contribution in [0.5, 0.6) is 0 Å². The van der Waals surface area contributed by atoms with Crippen LogP contribution in [0.3, 0.4) is 0 Å². The van der Waals surface area contributed by atoms with Crippen molar-refractivity contribution in [1.29, 1.82) is 0 Å². The van der Waals surface area contributed by atoms with Crippen LogP contribution in [0.4, 0.5) is 0 Å². The summed E-state index contributed by atoms with van der Waals surface area (Å²) in [4.78, 5) is 11.6. The van der Waals surface area contributed by atoms with Crippen molar-refractivity contribution in [3.8, 4) is 0 Å². The lowest BCUT2D eigenvalue weighted by atomic mass is 9.83. The van der Waals surface area contributed by atoms with Gasteiger partial charge >= 0.3 is 5.97 Å². The molecule has 7 nitrogen and oxygen atoms in total. The molecule has 0 radical (unpaired) electrons. The van der Waals surface area contributed by atoms with Gasteiger partial charge in [-0.2, -0.15) is 0 Å². The smallest absolute Gasteiger partial charge is 0.305 e. The van der Waals surface area contributed by atoms with Crippen molar-refractivity contribution < 1.29 is 33.6 Å². The third-order valence-corrected chi connectivity index (χ3v) is 8.38. The summed E-state index contributed by atoms with van der Waals surface area (Å²) in [6.07, 6.45) is 20.5. The van der Waals surface area contributed by atoms with E-state index in [-0.39, 0.29) is 42.6 Å². The highest BCUT2D eigenvalue weighted by atomic mass is 16.7. The number of aliphatic hydroxyl groups excluding tert-OH is 1. The first kappa shape index (κ1) is 32.3. The Kier molecular flexibility index (Phi) is 15.1. The Hall–Kier alpha value is -1.25. The molecule has 1 heterocycles. The van der Waals surface area contributed by atoms with Gasteiger partial charge in [-0.25, -0.2) is 0 Å². The van der Waals surface area contributed by atoms with Gasteiger partial charge in [-0.15, -0.1) is 0 Å². The highest BCUT2D eigenvalue weighted by Crippen LogP contribution is 2.40. The van der Waals surface area contributed by atoms with Crippen molar-refractivity contribution in [2.75, 3.05) is 19.8 Å². The minimum atomic E-state index is -0.436. The van der Waals surface area contributed by atoms with E-state index in [0.717, 1.165) is 45.1 Å². The molecule has 1 aliphatic heterocycles. The Balaban J connectivity index is 1.68. The van der Waals surface area contributed by atoms with Crippen LogP contribution in [0.15, 0.2) is 24.3 Å². The van der Waals surface area contributed by atoms with Gasteiger partial charge in [0.05, 0.1) is 24.9 Å². The molecule has 224 valence electrons. The fourth-order valence-electron chi connectivity index (χ4n) is 6.32. The summed E-state index contributed by atoms with van der Waals surface area (Å²) in [7, 11) is 0. The molecule has 2 saturated carbocycles. The first-order valence-electron chi connectivity index (χ1n) is 15.7. The van der Waals surface area contributed by atoms with E-state index in [1.165, 1.54) is 32.1 Å². The van der Waals surface area contributed by atoms with Crippen molar-refractivity contribution in [2.45, 2.75) is 135 Å². The van der Waals surface area contributed by atoms with Crippen LogP contribution < -0.4 is 0 Å². The van der Waals surface area contributed by atoms with Gasteiger partial charge < -0.3 is 28.8 Å². The lowest BCUT2D eigenvalue weighted by Gasteiger charge is -2.32. The van der Waals surface area contributed by atoms with Crippen LogP contribution in [0, 0.1) is 17.8 Å². The van der Waals surface area contributed by atoms with E-state index in [9.17, 15) is 9.90 Å². The summed E-state index contributed by atoms with van der Waals surface area (Å²) < 4.78 is 29.5. The molecule has 2 aliphatic carbocycles. The highest BCUT2D eigenvalue weighted by Gasteiger charge is 2.42. The highest BCUT2D eigenvalue weighted by molar-refractivity contribution is 5.69. The maximum Gasteiger partial charge on any atom is 0.305 e. The molecule has 3 aliphatic rings. The number of carbonyl (C=O) groups is 1. The predicted octanol–water partition coefficient (Wildman–Crippen LogP) is 6.48. The molecule has 0 aromatic heterocycles. The van der Waals surface area contributed by atoms with E-state index in [1.54, 1.807) is 0 Å². The Morgan fingerprint density at radius 1 is 1.05 bits per heavy atom. The van der Waals surface area contributed by atoms with Crippen LogP contribution in [-0.4, -0.2) is 61.8 Å². The van der Waals surface area contributed by atoms with Gasteiger partial charge in [-0.3, -0.25) is 4.79 Å².